The number of oxazole rings is 1. The number of likely N-dealkylation sites (N-methyl/N-ethyl adjacent to an activating group) is 1. The Kier molecular flexibility index (Phi) is 6.32. The second kappa shape index (κ2) is 8.99. The summed E-state index contributed by atoms with van der Waals surface area (Å²) in [7, 11) is -3.51. The van der Waals surface area contributed by atoms with Crippen LogP contribution in [-0.2, 0) is 10.0 Å². The predicted molar refractivity (Wildman–Crippen MR) is 118 cm³/mol. The molecule has 0 radical (unpaired) electrons. The molecule has 3 heterocycles. The highest BCUT2D eigenvalue weighted by molar-refractivity contribution is 7.89. The Hall–Kier alpha value is -2.41. The zero-order chi connectivity index (χ0) is 22.0. The molecule has 1 atom stereocenters. The average molecular weight is 444 g/mol. The van der Waals surface area contributed by atoms with Crippen LogP contribution >= 0.6 is 0 Å². The van der Waals surface area contributed by atoms with E-state index in [2.05, 4.69) is 34.7 Å². The molecule has 0 amide bonds. The number of sulfonamides is 1. The van der Waals surface area contributed by atoms with Crippen molar-refractivity contribution in [2.45, 2.75) is 31.6 Å². The number of nitrogens with zero attached hydrogens (tertiary/aromatic N) is 5. The minimum Gasteiger partial charge on any atom is -0.419 e. The van der Waals surface area contributed by atoms with Crippen LogP contribution in [0.1, 0.15) is 32.4 Å². The Bertz CT molecular complexity index is 1050. The van der Waals surface area contributed by atoms with Crippen molar-refractivity contribution in [2.75, 3.05) is 50.7 Å². The number of nitriles is 1. The van der Waals surface area contributed by atoms with E-state index in [4.69, 9.17) is 4.42 Å². The molecule has 0 spiro atoms. The summed E-state index contributed by atoms with van der Waals surface area (Å²) in [6, 6.07) is 8.72. The maximum absolute atomic E-state index is 13.0. The smallest absolute Gasteiger partial charge is 0.243 e. The van der Waals surface area contributed by atoms with Gasteiger partial charge >= 0.3 is 0 Å². The summed E-state index contributed by atoms with van der Waals surface area (Å²) in [4.78, 5) is 9.04. The molecule has 2 saturated heterocycles. The lowest BCUT2D eigenvalue weighted by Gasteiger charge is -2.33. The van der Waals surface area contributed by atoms with Crippen molar-refractivity contribution in [3.63, 3.8) is 0 Å². The van der Waals surface area contributed by atoms with Crippen molar-refractivity contribution in [1.82, 2.24) is 14.2 Å². The van der Waals surface area contributed by atoms with E-state index in [1.807, 2.05) is 0 Å². The maximum atomic E-state index is 13.0. The lowest BCUT2D eigenvalue weighted by atomic mass is 10.0. The van der Waals surface area contributed by atoms with Crippen LogP contribution in [-0.4, -0.2) is 68.4 Å². The molecule has 1 unspecified atom stereocenters. The molecule has 0 aliphatic carbocycles. The molecule has 1 aromatic carbocycles. The number of aromatic nitrogens is 1. The second-order valence-electron chi connectivity index (χ2n) is 8.34. The summed E-state index contributed by atoms with van der Waals surface area (Å²) in [5.74, 6) is 1.20. The molecule has 0 bridgehead atoms. The summed E-state index contributed by atoms with van der Waals surface area (Å²) in [5, 5.41) is 9.53. The zero-order valence-corrected chi connectivity index (χ0v) is 18.9. The van der Waals surface area contributed by atoms with Gasteiger partial charge in [-0.15, -0.1) is 0 Å². The SMILES string of the molecule is CCN1CCN(c2oc(-c3ccc(S(=O)(=O)N4CCCC(C)C4)cc3)nc2C#N)CC1. The van der Waals surface area contributed by atoms with E-state index in [1.54, 1.807) is 28.6 Å². The summed E-state index contributed by atoms with van der Waals surface area (Å²) in [6.45, 7) is 9.74. The first kappa shape index (κ1) is 21.8. The second-order valence-corrected chi connectivity index (χ2v) is 10.3. The third-order valence-electron chi connectivity index (χ3n) is 6.18. The van der Waals surface area contributed by atoms with Crippen molar-refractivity contribution in [3.8, 4) is 17.5 Å². The molecule has 2 aliphatic rings. The Morgan fingerprint density at radius 3 is 2.48 bits per heavy atom. The van der Waals surface area contributed by atoms with Crippen molar-refractivity contribution in [3.05, 3.63) is 30.0 Å². The summed E-state index contributed by atoms with van der Waals surface area (Å²) in [6.07, 6.45) is 1.95. The van der Waals surface area contributed by atoms with E-state index >= 15 is 0 Å². The van der Waals surface area contributed by atoms with Gasteiger partial charge in [0.25, 0.3) is 0 Å². The molecule has 2 aliphatic heterocycles. The highest BCUT2D eigenvalue weighted by atomic mass is 32.2. The normalized spacial score (nSPS) is 21.2. The highest BCUT2D eigenvalue weighted by Crippen LogP contribution is 2.30. The molecule has 2 aromatic rings. The van der Waals surface area contributed by atoms with Crippen LogP contribution < -0.4 is 4.90 Å². The van der Waals surface area contributed by atoms with Crippen LogP contribution in [0, 0.1) is 17.2 Å². The van der Waals surface area contributed by atoms with Gasteiger partial charge in [-0.2, -0.15) is 14.6 Å². The molecule has 1 aromatic heterocycles. The monoisotopic (exact) mass is 443 g/mol. The Morgan fingerprint density at radius 1 is 1.16 bits per heavy atom. The Balaban J connectivity index is 1.54. The van der Waals surface area contributed by atoms with E-state index in [9.17, 15) is 13.7 Å². The molecule has 31 heavy (non-hydrogen) atoms. The van der Waals surface area contributed by atoms with Gasteiger partial charge in [-0.25, -0.2) is 8.42 Å². The molecule has 166 valence electrons. The molecule has 8 nitrogen and oxygen atoms in total. The number of hydrogen-bond donors (Lipinski definition) is 0. The highest BCUT2D eigenvalue weighted by Gasteiger charge is 2.29. The first-order chi connectivity index (χ1) is 14.9. The van der Waals surface area contributed by atoms with Gasteiger partial charge in [0.05, 0.1) is 4.90 Å². The Labute approximate surface area is 184 Å². The Morgan fingerprint density at radius 2 is 1.87 bits per heavy atom. The average Bonchev–Trinajstić information content (AvgIpc) is 3.24. The first-order valence-electron chi connectivity index (χ1n) is 10.9. The minimum absolute atomic E-state index is 0.263. The number of piperazine rings is 1. The topological polar surface area (TPSA) is 93.7 Å². The molecular weight excluding hydrogens is 414 g/mol. The molecule has 0 N–H and O–H groups in total. The molecule has 4 rings (SSSR count). The molecular formula is C22H29N5O3S. The molecule has 9 heteroatoms. The summed E-state index contributed by atoms with van der Waals surface area (Å²) >= 11 is 0. The van der Waals surface area contributed by atoms with Crippen molar-refractivity contribution in [2.24, 2.45) is 5.92 Å². The van der Waals surface area contributed by atoms with Crippen LogP contribution in [0.15, 0.2) is 33.6 Å². The first-order valence-corrected chi connectivity index (χ1v) is 12.3. The lowest BCUT2D eigenvalue weighted by molar-refractivity contribution is 0.266. The van der Waals surface area contributed by atoms with Crippen LogP contribution in [0.2, 0.25) is 0 Å². The van der Waals surface area contributed by atoms with Crippen molar-refractivity contribution < 1.29 is 12.8 Å². The minimum atomic E-state index is -3.51. The van der Waals surface area contributed by atoms with Crippen LogP contribution in [0.4, 0.5) is 5.88 Å². The van der Waals surface area contributed by atoms with E-state index in [1.165, 1.54) is 0 Å². The standard InChI is InChI=1S/C22H29N5O3S/c1-3-25-11-13-26(14-12-25)22-20(15-23)24-21(30-22)18-6-8-19(9-7-18)31(28,29)27-10-4-5-17(2)16-27/h6-9,17H,3-5,10-14,16H2,1-2H3. The quantitative estimate of drug-likeness (QED) is 0.701. The van der Waals surface area contributed by atoms with Crippen LogP contribution in [0.25, 0.3) is 11.5 Å². The van der Waals surface area contributed by atoms with E-state index in [0.717, 1.165) is 45.6 Å². The van der Waals surface area contributed by atoms with Gasteiger partial charge in [0.2, 0.25) is 27.5 Å². The maximum Gasteiger partial charge on any atom is 0.243 e. The predicted octanol–water partition coefficient (Wildman–Crippen LogP) is 2.78. The number of hydrogen-bond acceptors (Lipinski definition) is 7. The fourth-order valence-corrected chi connectivity index (χ4v) is 5.87. The number of rotatable bonds is 5. The van der Waals surface area contributed by atoms with Gasteiger partial charge in [-0.3, -0.25) is 0 Å². The molecule has 2 fully saturated rings. The largest absolute Gasteiger partial charge is 0.419 e. The van der Waals surface area contributed by atoms with Crippen LogP contribution in [0.5, 0.6) is 0 Å². The van der Waals surface area contributed by atoms with E-state index in [0.29, 0.717) is 36.3 Å². The van der Waals surface area contributed by atoms with Crippen LogP contribution in [0.3, 0.4) is 0 Å². The molecule has 0 saturated carbocycles. The lowest BCUT2D eigenvalue weighted by Crippen LogP contribution is -2.46. The van der Waals surface area contributed by atoms with Gasteiger partial charge in [0.15, 0.2) is 0 Å². The number of anilines is 1. The van der Waals surface area contributed by atoms with Gasteiger partial charge < -0.3 is 14.2 Å². The fraction of sp³-hybridized carbons (Fsp3) is 0.545. The van der Waals surface area contributed by atoms with Gasteiger partial charge in [0, 0.05) is 44.8 Å². The zero-order valence-electron chi connectivity index (χ0n) is 18.1. The number of piperidine rings is 1. The third-order valence-corrected chi connectivity index (χ3v) is 8.06. The van der Waals surface area contributed by atoms with Crippen molar-refractivity contribution in [1.29, 1.82) is 5.26 Å². The van der Waals surface area contributed by atoms with E-state index in [-0.39, 0.29) is 10.6 Å². The summed E-state index contributed by atoms with van der Waals surface area (Å²) in [5.41, 5.74) is 0.917. The number of benzene rings is 1. The third kappa shape index (κ3) is 4.47. The van der Waals surface area contributed by atoms with Gasteiger partial charge in [0.1, 0.15) is 6.07 Å². The van der Waals surface area contributed by atoms with Gasteiger partial charge in [-0.1, -0.05) is 13.8 Å². The fourth-order valence-electron chi connectivity index (χ4n) is 4.27. The van der Waals surface area contributed by atoms with Gasteiger partial charge in [-0.05, 0) is 49.6 Å². The van der Waals surface area contributed by atoms with E-state index < -0.39 is 10.0 Å². The van der Waals surface area contributed by atoms with Crippen molar-refractivity contribution >= 4 is 15.9 Å². The summed E-state index contributed by atoms with van der Waals surface area (Å²) < 4.78 is 33.5.